The van der Waals surface area contributed by atoms with E-state index in [-0.39, 0.29) is 6.04 Å². The zero-order valence-electron chi connectivity index (χ0n) is 10.00. The molecule has 2 N–H and O–H groups in total. The molecule has 0 fully saturated rings. The van der Waals surface area contributed by atoms with Crippen molar-refractivity contribution in [3.05, 3.63) is 53.7 Å². The average molecular weight is 239 g/mol. The summed E-state index contributed by atoms with van der Waals surface area (Å²) in [5.74, 6) is 0.932. The number of aromatic nitrogens is 1. The highest BCUT2D eigenvalue weighted by Gasteiger charge is 2.06. The van der Waals surface area contributed by atoms with Crippen LogP contribution in [0.3, 0.4) is 0 Å². The minimum Gasteiger partial charge on any atom is -0.438 e. The van der Waals surface area contributed by atoms with Crippen LogP contribution < -0.4 is 10.5 Å². The van der Waals surface area contributed by atoms with Crippen LogP contribution >= 0.6 is 0 Å². The molecule has 1 atom stereocenters. The van der Waals surface area contributed by atoms with E-state index in [9.17, 15) is 0 Å². The maximum atomic E-state index is 8.97. The summed E-state index contributed by atoms with van der Waals surface area (Å²) in [6, 6.07) is 12.6. The van der Waals surface area contributed by atoms with Gasteiger partial charge in [0.25, 0.3) is 0 Å². The maximum absolute atomic E-state index is 8.97. The van der Waals surface area contributed by atoms with Gasteiger partial charge in [0.1, 0.15) is 11.8 Å². The first kappa shape index (κ1) is 12.1. The lowest BCUT2D eigenvalue weighted by atomic mass is 10.1. The van der Waals surface area contributed by atoms with Gasteiger partial charge < -0.3 is 10.5 Å². The molecule has 1 aromatic heterocycles. The normalized spacial score (nSPS) is 11.6. The summed E-state index contributed by atoms with van der Waals surface area (Å²) in [7, 11) is 0. The van der Waals surface area contributed by atoms with E-state index in [2.05, 4.69) is 11.1 Å². The number of para-hydroxylation sites is 1. The molecular formula is C14H13N3O. The number of hydrogen-bond acceptors (Lipinski definition) is 4. The Labute approximate surface area is 106 Å². The molecule has 0 spiro atoms. The predicted molar refractivity (Wildman–Crippen MR) is 68.1 cm³/mol. The lowest BCUT2D eigenvalue weighted by molar-refractivity contribution is 0.460. The van der Waals surface area contributed by atoms with Gasteiger partial charge in [-0.3, -0.25) is 0 Å². The van der Waals surface area contributed by atoms with Crippen LogP contribution in [0.1, 0.15) is 24.1 Å². The quantitative estimate of drug-likeness (QED) is 0.893. The lowest BCUT2D eigenvalue weighted by Crippen LogP contribution is -2.05. The van der Waals surface area contributed by atoms with Crippen molar-refractivity contribution in [2.45, 2.75) is 13.0 Å². The largest absolute Gasteiger partial charge is 0.438 e. The molecule has 4 nitrogen and oxygen atoms in total. The van der Waals surface area contributed by atoms with Crippen molar-refractivity contribution in [2.24, 2.45) is 5.73 Å². The van der Waals surface area contributed by atoms with Gasteiger partial charge in [-0.25, -0.2) is 4.98 Å². The van der Waals surface area contributed by atoms with Crippen LogP contribution in [0.25, 0.3) is 0 Å². The van der Waals surface area contributed by atoms with Crippen molar-refractivity contribution in [3.63, 3.8) is 0 Å². The van der Waals surface area contributed by atoms with Gasteiger partial charge in [-0.15, -0.1) is 0 Å². The zero-order valence-corrected chi connectivity index (χ0v) is 10.00. The van der Waals surface area contributed by atoms with E-state index in [1.807, 2.05) is 19.1 Å². The van der Waals surface area contributed by atoms with E-state index in [0.717, 1.165) is 5.56 Å². The zero-order chi connectivity index (χ0) is 13.0. The first-order chi connectivity index (χ1) is 8.70. The van der Waals surface area contributed by atoms with Crippen molar-refractivity contribution in [1.82, 2.24) is 4.98 Å². The second kappa shape index (κ2) is 5.30. The van der Waals surface area contributed by atoms with E-state index in [4.69, 9.17) is 15.7 Å². The first-order valence-electron chi connectivity index (χ1n) is 5.59. The molecule has 90 valence electrons. The van der Waals surface area contributed by atoms with E-state index in [1.165, 1.54) is 0 Å². The monoisotopic (exact) mass is 239 g/mol. The Balaban J connectivity index is 2.29. The average Bonchev–Trinajstić information content (AvgIpc) is 2.39. The van der Waals surface area contributed by atoms with Crippen LogP contribution in [0.15, 0.2) is 42.6 Å². The molecule has 4 heteroatoms. The number of rotatable bonds is 3. The molecule has 2 rings (SSSR count). The molecule has 0 bridgehead atoms. The molecule has 0 saturated heterocycles. The fourth-order valence-corrected chi connectivity index (χ4v) is 1.52. The SMILES string of the molecule is C[C@H](N)c1ccnc(Oc2ccccc2C#N)c1. The molecule has 0 aliphatic heterocycles. The van der Waals surface area contributed by atoms with E-state index >= 15 is 0 Å². The van der Waals surface area contributed by atoms with Crippen LogP contribution in [0, 0.1) is 11.3 Å². The molecule has 1 heterocycles. The molecule has 0 radical (unpaired) electrons. The Morgan fingerprint density at radius 1 is 1.33 bits per heavy atom. The summed E-state index contributed by atoms with van der Waals surface area (Å²) < 4.78 is 5.60. The molecule has 1 aromatic carbocycles. The number of pyridine rings is 1. The fourth-order valence-electron chi connectivity index (χ4n) is 1.52. The Bertz CT molecular complexity index is 588. The van der Waals surface area contributed by atoms with Gasteiger partial charge in [-0.2, -0.15) is 5.26 Å². The van der Waals surface area contributed by atoms with Gasteiger partial charge in [-0.1, -0.05) is 12.1 Å². The maximum Gasteiger partial charge on any atom is 0.219 e. The Kier molecular flexibility index (Phi) is 3.56. The number of nitriles is 1. The van der Waals surface area contributed by atoms with Crippen molar-refractivity contribution >= 4 is 0 Å². The summed E-state index contributed by atoms with van der Waals surface area (Å²) >= 11 is 0. The first-order valence-corrected chi connectivity index (χ1v) is 5.59. The lowest BCUT2D eigenvalue weighted by Gasteiger charge is -2.09. The van der Waals surface area contributed by atoms with Gasteiger partial charge in [0, 0.05) is 18.3 Å². The molecule has 0 saturated carbocycles. The number of nitrogens with two attached hydrogens (primary N) is 1. The van der Waals surface area contributed by atoms with E-state index in [0.29, 0.717) is 17.2 Å². The Hall–Kier alpha value is -2.38. The molecule has 0 unspecified atom stereocenters. The molecule has 0 aliphatic carbocycles. The summed E-state index contributed by atoms with van der Waals surface area (Å²) in [5.41, 5.74) is 7.21. The Morgan fingerprint density at radius 2 is 2.11 bits per heavy atom. The van der Waals surface area contributed by atoms with Crippen LogP contribution in [-0.2, 0) is 0 Å². The summed E-state index contributed by atoms with van der Waals surface area (Å²) in [5, 5.41) is 8.97. The third-order valence-electron chi connectivity index (χ3n) is 2.51. The predicted octanol–water partition coefficient (Wildman–Crippen LogP) is 2.77. The topological polar surface area (TPSA) is 71.9 Å². The van der Waals surface area contributed by atoms with Crippen molar-refractivity contribution < 1.29 is 4.74 Å². The van der Waals surface area contributed by atoms with Crippen molar-refractivity contribution in [2.75, 3.05) is 0 Å². The minimum atomic E-state index is -0.0819. The summed E-state index contributed by atoms with van der Waals surface area (Å²) in [4.78, 5) is 4.11. The smallest absolute Gasteiger partial charge is 0.219 e. The minimum absolute atomic E-state index is 0.0819. The van der Waals surface area contributed by atoms with Gasteiger partial charge in [-0.05, 0) is 30.7 Å². The third kappa shape index (κ3) is 2.65. The number of ether oxygens (including phenoxy) is 1. The van der Waals surface area contributed by atoms with Crippen LogP contribution in [0.4, 0.5) is 0 Å². The highest BCUT2D eigenvalue weighted by atomic mass is 16.5. The molecule has 2 aromatic rings. The fraction of sp³-hybridized carbons (Fsp3) is 0.143. The summed E-state index contributed by atoms with van der Waals surface area (Å²) in [6.45, 7) is 1.89. The Morgan fingerprint density at radius 3 is 2.83 bits per heavy atom. The van der Waals surface area contributed by atoms with E-state index < -0.39 is 0 Å². The van der Waals surface area contributed by atoms with Gasteiger partial charge in [0.2, 0.25) is 5.88 Å². The summed E-state index contributed by atoms with van der Waals surface area (Å²) in [6.07, 6.45) is 1.64. The highest BCUT2D eigenvalue weighted by Crippen LogP contribution is 2.24. The van der Waals surface area contributed by atoms with E-state index in [1.54, 1.807) is 30.5 Å². The molecule has 0 amide bonds. The van der Waals surface area contributed by atoms with Crippen LogP contribution in [0.2, 0.25) is 0 Å². The molecule has 18 heavy (non-hydrogen) atoms. The third-order valence-corrected chi connectivity index (χ3v) is 2.51. The number of nitrogens with zero attached hydrogens (tertiary/aromatic N) is 2. The van der Waals surface area contributed by atoms with Crippen molar-refractivity contribution in [3.8, 4) is 17.7 Å². The number of hydrogen-bond donors (Lipinski definition) is 1. The second-order valence-electron chi connectivity index (χ2n) is 3.93. The second-order valence-corrected chi connectivity index (χ2v) is 3.93. The van der Waals surface area contributed by atoms with Crippen LogP contribution in [-0.4, -0.2) is 4.98 Å². The highest BCUT2D eigenvalue weighted by molar-refractivity contribution is 5.44. The van der Waals surface area contributed by atoms with Gasteiger partial charge >= 0.3 is 0 Å². The number of benzene rings is 1. The molecule has 0 aliphatic rings. The van der Waals surface area contributed by atoms with Gasteiger partial charge in [0.15, 0.2) is 0 Å². The van der Waals surface area contributed by atoms with Crippen LogP contribution in [0.5, 0.6) is 11.6 Å². The van der Waals surface area contributed by atoms with Crippen molar-refractivity contribution in [1.29, 1.82) is 5.26 Å². The standard InChI is InChI=1S/C14H13N3O/c1-10(16)11-6-7-17-14(8-11)18-13-5-3-2-4-12(13)9-15/h2-8,10H,16H2,1H3/t10-/m0/s1. The molecular weight excluding hydrogens is 226 g/mol. The van der Waals surface area contributed by atoms with Gasteiger partial charge in [0.05, 0.1) is 5.56 Å².